The van der Waals surface area contributed by atoms with Crippen LogP contribution in [0.1, 0.15) is 48.4 Å². The Hall–Kier alpha value is -4.16. The van der Waals surface area contributed by atoms with Crippen LogP contribution in [0.25, 0.3) is 0 Å². The van der Waals surface area contributed by atoms with Gasteiger partial charge in [-0.2, -0.15) is 0 Å². The fourth-order valence-corrected chi connectivity index (χ4v) is 2.69. The van der Waals surface area contributed by atoms with Gasteiger partial charge >= 0.3 is 23.9 Å². The Morgan fingerprint density at radius 2 is 1.06 bits per heavy atom. The van der Waals surface area contributed by atoms with Gasteiger partial charge in [0.1, 0.15) is 13.2 Å². The van der Waals surface area contributed by atoms with E-state index in [1.807, 2.05) is 0 Å². The van der Waals surface area contributed by atoms with E-state index in [1.165, 1.54) is 45.9 Å². The number of nitrogens with two attached hydrogens (primary N) is 1. The maximum Gasteiger partial charge on any atom is 0.303 e. The van der Waals surface area contributed by atoms with Crippen molar-refractivity contribution in [3.63, 3.8) is 0 Å². The van der Waals surface area contributed by atoms with E-state index >= 15 is 0 Å². The zero-order chi connectivity index (χ0) is 26.5. The maximum atomic E-state index is 12.6. The summed E-state index contributed by atoms with van der Waals surface area (Å²) in [6.07, 6.45) is -1.83. The summed E-state index contributed by atoms with van der Waals surface area (Å²) in [6.45, 7) is 3.88. The third-order valence-electron chi connectivity index (χ3n) is 4.07. The van der Waals surface area contributed by atoms with E-state index in [0.29, 0.717) is 0 Å². The molecule has 13 heteroatoms. The molecule has 1 aromatic rings. The number of hydrogen-bond acceptors (Lipinski definition) is 11. The fraction of sp³-hybridized carbons (Fsp3) is 0.455. The molecule has 2 amide bonds. The van der Waals surface area contributed by atoms with Crippen molar-refractivity contribution in [2.75, 3.05) is 32.0 Å². The second kappa shape index (κ2) is 14.2. The van der Waals surface area contributed by atoms with Gasteiger partial charge in [0, 0.05) is 44.5 Å². The lowest BCUT2D eigenvalue weighted by Gasteiger charge is -2.18. The first-order chi connectivity index (χ1) is 16.4. The van der Waals surface area contributed by atoms with Crippen LogP contribution in [0, 0.1) is 0 Å². The van der Waals surface area contributed by atoms with Crippen molar-refractivity contribution in [3.05, 3.63) is 29.3 Å². The number of rotatable bonds is 12. The third kappa shape index (κ3) is 12.0. The van der Waals surface area contributed by atoms with Crippen molar-refractivity contribution < 1.29 is 47.7 Å². The number of benzene rings is 1. The summed E-state index contributed by atoms with van der Waals surface area (Å²) in [6, 6.07) is 3.95. The van der Waals surface area contributed by atoms with Crippen LogP contribution in [0.15, 0.2) is 18.2 Å². The molecule has 0 heterocycles. The molecule has 0 saturated heterocycles. The molecule has 0 aliphatic carbocycles. The van der Waals surface area contributed by atoms with Gasteiger partial charge in [-0.3, -0.25) is 28.8 Å². The SMILES string of the molecule is CC(=O)OCC(CNC(=O)c1cc(N)cc(C(=O)NCC(COC(C)=O)OC(C)=O)c1)OC(C)=O. The van der Waals surface area contributed by atoms with Gasteiger partial charge < -0.3 is 35.3 Å². The Morgan fingerprint density at radius 3 is 1.37 bits per heavy atom. The second-order valence-corrected chi connectivity index (χ2v) is 7.33. The number of esters is 4. The normalized spacial score (nSPS) is 11.9. The first kappa shape index (κ1) is 28.9. The van der Waals surface area contributed by atoms with E-state index in [-0.39, 0.29) is 43.1 Å². The zero-order valence-electron chi connectivity index (χ0n) is 19.9. The summed E-state index contributed by atoms with van der Waals surface area (Å²) >= 11 is 0. The van der Waals surface area contributed by atoms with E-state index in [9.17, 15) is 28.8 Å². The zero-order valence-corrected chi connectivity index (χ0v) is 19.9. The number of carbonyl (C=O) groups excluding carboxylic acids is 6. The van der Waals surface area contributed by atoms with Gasteiger partial charge in [-0.15, -0.1) is 0 Å². The van der Waals surface area contributed by atoms with Crippen molar-refractivity contribution in [1.29, 1.82) is 0 Å². The van der Waals surface area contributed by atoms with Gasteiger partial charge in [-0.05, 0) is 18.2 Å². The summed E-state index contributed by atoms with van der Waals surface area (Å²) < 4.78 is 19.6. The summed E-state index contributed by atoms with van der Waals surface area (Å²) in [5.41, 5.74) is 6.03. The lowest BCUT2D eigenvalue weighted by atomic mass is 10.1. The highest BCUT2D eigenvalue weighted by molar-refractivity contribution is 6.01. The molecular weight excluding hydrogens is 466 g/mol. The molecule has 0 radical (unpaired) electrons. The van der Waals surface area contributed by atoms with E-state index in [1.54, 1.807) is 0 Å². The predicted octanol–water partition coefficient (Wildman–Crippen LogP) is -0.282. The number of ether oxygens (including phenoxy) is 4. The Kier molecular flexibility index (Phi) is 11.7. The fourth-order valence-electron chi connectivity index (χ4n) is 2.69. The highest BCUT2D eigenvalue weighted by Gasteiger charge is 2.19. The van der Waals surface area contributed by atoms with E-state index in [0.717, 1.165) is 0 Å². The number of anilines is 1. The van der Waals surface area contributed by atoms with Crippen LogP contribution in [0.2, 0.25) is 0 Å². The molecule has 0 spiro atoms. The van der Waals surface area contributed by atoms with Crippen molar-refractivity contribution in [2.45, 2.75) is 39.9 Å². The van der Waals surface area contributed by atoms with Gasteiger partial charge in [-0.25, -0.2) is 0 Å². The number of hydrogen-bond donors (Lipinski definition) is 3. The minimum Gasteiger partial charge on any atom is -0.462 e. The molecule has 2 atom stereocenters. The van der Waals surface area contributed by atoms with Crippen LogP contribution in [-0.2, 0) is 38.1 Å². The second-order valence-electron chi connectivity index (χ2n) is 7.33. The van der Waals surface area contributed by atoms with Crippen LogP contribution in [0.3, 0.4) is 0 Å². The molecule has 35 heavy (non-hydrogen) atoms. The molecule has 0 fully saturated rings. The molecule has 0 saturated carbocycles. The first-order valence-electron chi connectivity index (χ1n) is 10.5. The topological polar surface area (TPSA) is 189 Å². The van der Waals surface area contributed by atoms with E-state index in [2.05, 4.69) is 10.6 Å². The molecule has 1 aromatic carbocycles. The minimum atomic E-state index is -0.917. The number of carbonyl (C=O) groups is 6. The monoisotopic (exact) mass is 495 g/mol. The van der Waals surface area contributed by atoms with Crippen molar-refractivity contribution in [3.8, 4) is 0 Å². The summed E-state index contributed by atoms with van der Waals surface area (Å²) in [5.74, 6) is -3.66. The molecule has 1 rings (SSSR count). The van der Waals surface area contributed by atoms with Crippen LogP contribution in [0.4, 0.5) is 5.69 Å². The van der Waals surface area contributed by atoms with Gasteiger partial charge in [0.05, 0.1) is 13.1 Å². The molecule has 0 aliphatic heterocycles. The maximum absolute atomic E-state index is 12.6. The van der Waals surface area contributed by atoms with Crippen LogP contribution in [0.5, 0.6) is 0 Å². The van der Waals surface area contributed by atoms with E-state index < -0.39 is 47.9 Å². The largest absolute Gasteiger partial charge is 0.462 e. The lowest BCUT2D eigenvalue weighted by molar-refractivity contribution is -0.155. The smallest absolute Gasteiger partial charge is 0.303 e. The molecule has 0 aromatic heterocycles. The van der Waals surface area contributed by atoms with Crippen LogP contribution in [-0.4, -0.2) is 74.2 Å². The van der Waals surface area contributed by atoms with E-state index in [4.69, 9.17) is 24.7 Å². The molecular formula is C22H29N3O10. The van der Waals surface area contributed by atoms with Gasteiger partial charge in [-0.1, -0.05) is 0 Å². The Bertz CT molecular complexity index is 891. The number of nitrogens with one attached hydrogen (secondary N) is 2. The summed E-state index contributed by atoms with van der Waals surface area (Å²) in [4.78, 5) is 69.6. The lowest BCUT2D eigenvalue weighted by Crippen LogP contribution is -2.38. The Morgan fingerprint density at radius 1 is 0.686 bits per heavy atom. The van der Waals surface area contributed by atoms with Gasteiger partial charge in [0.25, 0.3) is 11.8 Å². The van der Waals surface area contributed by atoms with Crippen LogP contribution >= 0.6 is 0 Å². The molecule has 0 bridgehead atoms. The quantitative estimate of drug-likeness (QED) is 0.196. The van der Waals surface area contributed by atoms with Gasteiger partial charge in [0.2, 0.25) is 0 Å². The third-order valence-corrected chi connectivity index (χ3v) is 4.07. The minimum absolute atomic E-state index is 0.0423. The van der Waals surface area contributed by atoms with Crippen LogP contribution < -0.4 is 16.4 Å². The molecule has 192 valence electrons. The van der Waals surface area contributed by atoms with Gasteiger partial charge in [0.15, 0.2) is 12.2 Å². The average molecular weight is 495 g/mol. The molecule has 4 N–H and O–H groups in total. The Labute approximate surface area is 201 Å². The van der Waals surface area contributed by atoms with Crippen molar-refractivity contribution >= 4 is 41.4 Å². The highest BCUT2D eigenvalue weighted by Crippen LogP contribution is 2.13. The standard InChI is InChI=1S/C22H29N3O10/c1-12(26)32-10-19(34-14(3)28)8-24-21(30)16-5-17(7-18(23)6-16)22(31)25-9-20(35-15(4)29)11-33-13(2)27/h5-7,19-20H,8-11,23H2,1-4H3,(H,24,30)(H,25,31). The summed E-state index contributed by atoms with van der Waals surface area (Å²) in [7, 11) is 0. The average Bonchev–Trinajstić information content (AvgIpc) is 2.75. The highest BCUT2D eigenvalue weighted by atomic mass is 16.6. The number of nitrogen functional groups attached to an aromatic ring is 1. The van der Waals surface area contributed by atoms with Crippen molar-refractivity contribution in [2.24, 2.45) is 0 Å². The van der Waals surface area contributed by atoms with Crippen molar-refractivity contribution in [1.82, 2.24) is 10.6 Å². The predicted molar refractivity (Wildman–Crippen MR) is 120 cm³/mol. The molecule has 0 aliphatic rings. The summed E-state index contributed by atoms with van der Waals surface area (Å²) in [5, 5.41) is 5.04. The molecule has 2 unspecified atom stereocenters. The Balaban J connectivity index is 2.84. The first-order valence-corrected chi connectivity index (χ1v) is 10.5. The molecule has 13 nitrogen and oxygen atoms in total. The number of amides is 2.